The summed E-state index contributed by atoms with van der Waals surface area (Å²) in [5.74, 6) is 0. The Kier molecular flexibility index (Phi) is 5.71. The van der Waals surface area contributed by atoms with Crippen LogP contribution in [0.2, 0.25) is 0 Å². The average Bonchev–Trinajstić information content (AvgIpc) is 2.70. The summed E-state index contributed by atoms with van der Waals surface area (Å²) in [6.45, 7) is 0. The van der Waals surface area contributed by atoms with Gasteiger partial charge in [-0.1, -0.05) is 96.7 Å². The minimum atomic E-state index is 0.975. The van der Waals surface area contributed by atoms with E-state index in [1.165, 1.54) is 32.0 Å². The third-order valence-electron chi connectivity index (χ3n) is 4.53. The first kappa shape index (κ1) is 17.6. The molecule has 4 aromatic rings. The predicted molar refractivity (Wildman–Crippen MR) is 116 cm³/mol. The quantitative estimate of drug-likeness (QED) is 0.353. The van der Waals surface area contributed by atoms with Crippen LogP contribution in [0.5, 0.6) is 0 Å². The van der Waals surface area contributed by atoms with Crippen LogP contribution in [-0.2, 0) is 12.8 Å². The first-order valence-corrected chi connectivity index (χ1v) is 10.1. The molecule has 0 aliphatic carbocycles. The van der Waals surface area contributed by atoms with Gasteiger partial charge in [-0.05, 0) is 59.4 Å². The van der Waals surface area contributed by atoms with Gasteiger partial charge in [0.2, 0.25) is 0 Å². The second-order valence-corrected chi connectivity index (χ2v) is 7.87. The number of hydrogen-bond donors (Lipinski definition) is 0. The summed E-state index contributed by atoms with van der Waals surface area (Å²) in [7, 11) is 0. The molecule has 0 bridgehead atoms. The fourth-order valence-electron chi connectivity index (χ4n) is 3.24. The summed E-state index contributed by atoms with van der Waals surface area (Å²) in [4.78, 5) is 2.58. The van der Waals surface area contributed by atoms with Crippen LogP contribution in [0.1, 0.15) is 22.3 Å². The zero-order valence-corrected chi connectivity index (χ0v) is 16.0. The molecule has 0 saturated carbocycles. The Labute approximate surface area is 165 Å². The van der Waals surface area contributed by atoms with Crippen LogP contribution in [0.15, 0.2) is 119 Å². The molecular formula is C26H22S. The van der Waals surface area contributed by atoms with Crippen molar-refractivity contribution < 1.29 is 0 Å². The first-order valence-electron chi connectivity index (χ1n) is 9.29. The van der Waals surface area contributed by atoms with Gasteiger partial charge in [0, 0.05) is 9.79 Å². The van der Waals surface area contributed by atoms with Gasteiger partial charge in [0.15, 0.2) is 0 Å². The molecule has 0 fully saturated rings. The van der Waals surface area contributed by atoms with Crippen LogP contribution in [0.25, 0.3) is 0 Å². The number of hydrogen-bond acceptors (Lipinski definition) is 1. The van der Waals surface area contributed by atoms with Crippen LogP contribution < -0.4 is 0 Å². The predicted octanol–water partition coefficient (Wildman–Crippen LogP) is 7.02. The smallest absolute Gasteiger partial charge is 0.0125 e. The van der Waals surface area contributed by atoms with Gasteiger partial charge in [0.1, 0.15) is 0 Å². The van der Waals surface area contributed by atoms with Crippen molar-refractivity contribution in [1.82, 2.24) is 0 Å². The lowest BCUT2D eigenvalue weighted by molar-refractivity contribution is 1.16. The van der Waals surface area contributed by atoms with E-state index in [9.17, 15) is 0 Å². The molecule has 0 nitrogen and oxygen atoms in total. The van der Waals surface area contributed by atoms with Crippen LogP contribution in [0.3, 0.4) is 0 Å². The molecule has 0 radical (unpaired) electrons. The molecule has 0 aliphatic rings. The molecule has 0 heterocycles. The highest BCUT2D eigenvalue weighted by Crippen LogP contribution is 2.29. The van der Waals surface area contributed by atoms with E-state index < -0.39 is 0 Å². The van der Waals surface area contributed by atoms with Crippen molar-refractivity contribution in [2.75, 3.05) is 0 Å². The molecule has 0 aliphatic heterocycles. The lowest BCUT2D eigenvalue weighted by Gasteiger charge is -2.08. The molecule has 1 heteroatoms. The SMILES string of the molecule is c1ccc(Cc2cccc(Sc3cccc(Cc4ccccc4)c3)c2)cc1. The second-order valence-electron chi connectivity index (χ2n) is 6.72. The Morgan fingerprint density at radius 1 is 0.407 bits per heavy atom. The molecule has 4 aromatic carbocycles. The van der Waals surface area contributed by atoms with Gasteiger partial charge in [-0.25, -0.2) is 0 Å². The summed E-state index contributed by atoms with van der Waals surface area (Å²) in [6, 6.07) is 39.1. The van der Waals surface area contributed by atoms with Crippen molar-refractivity contribution in [1.29, 1.82) is 0 Å². The Bertz CT molecular complexity index is 908. The van der Waals surface area contributed by atoms with Crippen LogP contribution in [0, 0.1) is 0 Å². The maximum Gasteiger partial charge on any atom is 0.0125 e. The van der Waals surface area contributed by atoms with E-state index in [1.54, 1.807) is 0 Å². The monoisotopic (exact) mass is 366 g/mol. The number of benzene rings is 4. The zero-order chi connectivity index (χ0) is 18.3. The van der Waals surface area contributed by atoms with Crippen LogP contribution >= 0.6 is 11.8 Å². The molecule has 0 saturated heterocycles. The van der Waals surface area contributed by atoms with Crippen LogP contribution in [0.4, 0.5) is 0 Å². The molecular weight excluding hydrogens is 344 g/mol. The molecule has 0 N–H and O–H groups in total. The normalized spacial score (nSPS) is 10.7. The fraction of sp³-hybridized carbons (Fsp3) is 0.0769. The molecule has 0 spiro atoms. The van der Waals surface area contributed by atoms with Crippen LogP contribution in [-0.4, -0.2) is 0 Å². The molecule has 0 atom stereocenters. The highest BCUT2D eigenvalue weighted by molar-refractivity contribution is 7.99. The van der Waals surface area contributed by atoms with Gasteiger partial charge in [-0.2, -0.15) is 0 Å². The maximum atomic E-state index is 2.31. The largest absolute Gasteiger partial charge is 0.0901 e. The molecule has 0 unspecified atom stereocenters. The summed E-state index contributed by atoms with van der Waals surface area (Å²) in [6.07, 6.45) is 1.95. The first-order chi connectivity index (χ1) is 13.3. The van der Waals surface area contributed by atoms with E-state index >= 15 is 0 Å². The highest BCUT2D eigenvalue weighted by Gasteiger charge is 2.03. The average molecular weight is 367 g/mol. The third kappa shape index (κ3) is 5.12. The van der Waals surface area contributed by atoms with Gasteiger partial charge in [0.05, 0.1) is 0 Å². The number of rotatable bonds is 6. The Hall–Kier alpha value is -2.77. The van der Waals surface area contributed by atoms with Gasteiger partial charge in [0.25, 0.3) is 0 Å². The summed E-state index contributed by atoms with van der Waals surface area (Å²) in [5, 5.41) is 0. The standard InChI is InChI=1S/C26H22S/c1-3-9-21(10-4-1)17-23-13-7-15-25(19-23)27-26-16-8-14-24(20-26)18-22-11-5-2-6-12-22/h1-16,19-20H,17-18H2. The van der Waals surface area contributed by atoms with Crippen molar-refractivity contribution in [2.24, 2.45) is 0 Å². The van der Waals surface area contributed by atoms with Gasteiger partial charge < -0.3 is 0 Å². The molecule has 27 heavy (non-hydrogen) atoms. The van der Waals surface area contributed by atoms with Crippen molar-refractivity contribution in [3.05, 3.63) is 131 Å². The van der Waals surface area contributed by atoms with E-state index in [0.717, 1.165) is 12.8 Å². The molecule has 4 rings (SSSR count). The topological polar surface area (TPSA) is 0 Å². The second kappa shape index (κ2) is 8.75. The fourth-order valence-corrected chi connectivity index (χ4v) is 4.22. The van der Waals surface area contributed by atoms with E-state index in [-0.39, 0.29) is 0 Å². The molecule has 132 valence electrons. The van der Waals surface area contributed by atoms with Gasteiger partial charge in [-0.3, -0.25) is 0 Å². The van der Waals surface area contributed by atoms with E-state index in [2.05, 4.69) is 109 Å². The molecule has 0 amide bonds. The van der Waals surface area contributed by atoms with E-state index in [4.69, 9.17) is 0 Å². The maximum absolute atomic E-state index is 2.31. The van der Waals surface area contributed by atoms with Crippen molar-refractivity contribution >= 4 is 11.8 Å². The Balaban J connectivity index is 1.47. The lowest BCUT2D eigenvalue weighted by atomic mass is 10.1. The highest BCUT2D eigenvalue weighted by atomic mass is 32.2. The van der Waals surface area contributed by atoms with Crippen molar-refractivity contribution in [2.45, 2.75) is 22.6 Å². The Morgan fingerprint density at radius 3 is 1.26 bits per heavy atom. The molecule has 0 aromatic heterocycles. The third-order valence-corrected chi connectivity index (χ3v) is 5.51. The minimum absolute atomic E-state index is 0.975. The zero-order valence-electron chi connectivity index (χ0n) is 15.2. The van der Waals surface area contributed by atoms with E-state index in [0.29, 0.717) is 0 Å². The Morgan fingerprint density at radius 2 is 0.815 bits per heavy atom. The van der Waals surface area contributed by atoms with Gasteiger partial charge in [-0.15, -0.1) is 0 Å². The minimum Gasteiger partial charge on any atom is -0.0901 e. The summed E-state index contributed by atoms with van der Waals surface area (Å²) in [5.41, 5.74) is 5.41. The van der Waals surface area contributed by atoms with E-state index in [1.807, 2.05) is 11.8 Å². The summed E-state index contributed by atoms with van der Waals surface area (Å²) >= 11 is 1.84. The summed E-state index contributed by atoms with van der Waals surface area (Å²) < 4.78 is 0. The lowest BCUT2D eigenvalue weighted by Crippen LogP contribution is -1.89. The van der Waals surface area contributed by atoms with Crippen molar-refractivity contribution in [3.63, 3.8) is 0 Å². The van der Waals surface area contributed by atoms with Gasteiger partial charge >= 0.3 is 0 Å². The van der Waals surface area contributed by atoms with Crippen molar-refractivity contribution in [3.8, 4) is 0 Å².